The van der Waals surface area contributed by atoms with Crippen molar-refractivity contribution < 1.29 is 4.74 Å². The summed E-state index contributed by atoms with van der Waals surface area (Å²) in [6.07, 6.45) is 0. The van der Waals surface area contributed by atoms with E-state index >= 15 is 0 Å². The van der Waals surface area contributed by atoms with E-state index in [4.69, 9.17) is 4.74 Å². The van der Waals surface area contributed by atoms with Gasteiger partial charge in [-0.15, -0.1) is 10.2 Å². The van der Waals surface area contributed by atoms with Crippen LogP contribution in [0.3, 0.4) is 0 Å². The Morgan fingerprint density at radius 2 is 1.58 bits per heavy atom. The Bertz CT molecular complexity index is 1220. The first-order valence-corrected chi connectivity index (χ1v) is 12.2. The van der Waals surface area contributed by atoms with Crippen LogP contribution >= 0.6 is 11.8 Å². The van der Waals surface area contributed by atoms with Gasteiger partial charge in [0.2, 0.25) is 5.95 Å². The van der Waals surface area contributed by atoms with Crippen molar-refractivity contribution in [1.82, 2.24) is 24.5 Å². The standard InChI is InChI=1S/C25H28N6OS/c1-18-4-8-22(9-5-18)30-24(29-12-14-32-15-13-29)26-27-25(30)33-17-21-6-10-23(11-7-21)31-20(3)16-19(2)28-31/h4-11,16H,12-15,17H2,1-3H3. The summed E-state index contributed by atoms with van der Waals surface area (Å²) in [5.74, 6) is 1.69. The molecule has 5 rings (SSSR count). The Balaban J connectivity index is 1.38. The van der Waals surface area contributed by atoms with Crippen LogP contribution in [-0.4, -0.2) is 50.8 Å². The van der Waals surface area contributed by atoms with Crippen LogP contribution in [0.1, 0.15) is 22.5 Å². The number of aromatic nitrogens is 5. The minimum Gasteiger partial charge on any atom is -0.378 e. The third-order valence-corrected chi connectivity index (χ3v) is 6.76. The smallest absolute Gasteiger partial charge is 0.232 e. The predicted octanol–water partition coefficient (Wildman–Crippen LogP) is 4.51. The van der Waals surface area contributed by atoms with Crippen LogP contribution in [0.4, 0.5) is 5.95 Å². The van der Waals surface area contributed by atoms with Gasteiger partial charge in [0.05, 0.1) is 30.3 Å². The number of hydrogen-bond acceptors (Lipinski definition) is 6. The highest BCUT2D eigenvalue weighted by Gasteiger charge is 2.21. The molecule has 7 nitrogen and oxygen atoms in total. The average Bonchev–Trinajstić information content (AvgIpc) is 3.41. The Labute approximate surface area is 198 Å². The Morgan fingerprint density at radius 3 is 2.24 bits per heavy atom. The van der Waals surface area contributed by atoms with E-state index in [1.807, 2.05) is 11.6 Å². The molecule has 0 N–H and O–H groups in total. The topological polar surface area (TPSA) is 61.0 Å². The fourth-order valence-electron chi connectivity index (χ4n) is 4.02. The molecule has 1 aliphatic heterocycles. The lowest BCUT2D eigenvalue weighted by Gasteiger charge is -2.28. The molecular formula is C25H28N6OS. The van der Waals surface area contributed by atoms with Crippen LogP contribution < -0.4 is 4.90 Å². The molecule has 0 saturated carbocycles. The molecule has 2 aromatic carbocycles. The quantitative estimate of drug-likeness (QED) is 0.395. The summed E-state index contributed by atoms with van der Waals surface area (Å²) in [4.78, 5) is 2.25. The number of ether oxygens (including phenoxy) is 1. The normalized spacial score (nSPS) is 14.1. The van der Waals surface area contributed by atoms with Crippen LogP contribution in [0.25, 0.3) is 11.4 Å². The molecule has 0 bridgehead atoms. The fraction of sp³-hybridized carbons (Fsp3) is 0.320. The molecule has 4 aromatic rings. The fourth-order valence-corrected chi connectivity index (χ4v) is 4.92. The minimum absolute atomic E-state index is 0.713. The van der Waals surface area contributed by atoms with Crippen LogP contribution in [0.5, 0.6) is 0 Å². The molecule has 2 aromatic heterocycles. The molecule has 1 aliphatic rings. The largest absolute Gasteiger partial charge is 0.378 e. The molecule has 0 radical (unpaired) electrons. The number of nitrogens with zero attached hydrogens (tertiary/aromatic N) is 6. The van der Waals surface area contributed by atoms with E-state index in [2.05, 4.69) is 93.2 Å². The van der Waals surface area contributed by atoms with Crippen molar-refractivity contribution in [1.29, 1.82) is 0 Å². The van der Waals surface area contributed by atoms with Gasteiger partial charge in [-0.2, -0.15) is 5.10 Å². The molecule has 0 aliphatic carbocycles. The summed E-state index contributed by atoms with van der Waals surface area (Å²) >= 11 is 1.70. The SMILES string of the molecule is Cc1ccc(-n2c(SCc3ccc(-n4nc(C)cc4C)cc3)nnc2N2CCOCC2)cc1. The second-order valence-corrected chi connectivity index (χ2v) is 9.29. The summed E-state index contributed by atoms with van der Waals surface area (Å²) in [6.45, 7) is 9.27. The summed E-state index contributed by atoms with van der Waals surface area (Å²) < 4.78 is 9.68. The van der Waals surface area contributed by atoms with E-state index in [1.165, 1.54) is 11.1 Å². The zero-order chi connectivity index (χ0) is 22.8. The summed E-state index contributed by atoms with van der Waals surface area (Å²) in [5, 5.41) is 14.6. The first-order chi connectivity index (χ1) is 16.1. The van der Waals surface area contributed by atoms with Crippen molar-refractivity contribution >= 4 is 17.7 Å². The summed E-state index contributed by atoms with van der Waals surface area (Å²) in [6, 6.07) is 19.2. The molecular weight excluding hydrogens is 432 g/mol. The van der Waals surface area contributed by atoms with Gasteiger partial charge >= 0.3 is 0 Å². The molecule has 0 unspecified atom stereocenters. The first kappa shape index (κ1) is 21.7. The maximum absolute atomic E-state index is 5.53. The van der Waals surface area contributed by atoms with Crippen LogP contribution in [0.2, 0.25) is 0 Å². The molecule has 0 atom stereocenters. The molecule has 0 spiro atoms. The van der Waals surface area contributed by atoms with Crippen LogP contribution in [-0.2, 0) is 10.5 Å². The zero-order valence-corrected chi connectivity index (χ0v) is 20.0. The first-order valence-electron chi connectivity index (χ1n) is 11.2. The molecule has 8 heteroatoms. The molecule has 33 heavy (non-hydrogen) atoms. The Kier molecular flexibility index (Phi) is 6.20. The summed E-state index contributed by atoms with van der Waals surface area (Å²) in [7, 11) is 0. The Hall–Kier alpha value is -3.10. The maximum atomic E-state index is 5.53. The van der Waals surface area contributed by atoms with Crippen molar-refractivity contribution in [3.8, 4) is 11.4 Å². The van der Waals surface area contributed by atoms with Gasteiger partial charge in [-0.1, -0.05) is 41.6 Å². The van der Waals surface area contributed by atoms with Crippen LogP contribution in [0.15, 0.2) is 59.8 Å². The lowest BCUT2D eigenvalue weighted by atomic mass is 10.2. The maximum Gasteiger partial charge on any atom is 0.232 e. The van der Waals surface area contributed by atoms with Gasteiger partial charge in [-0.3, -0.25) is 4.57 Å². The van der Waals surface area contributed by atoms with E-state index in [-0.39, 0.29) is 0 Å². The van der Waals surface area contributed by atoms with Crippen molar-refractivity contribution in [2.24, 2.45) is 0 Å². The summed E-state index contributed by atoms with van der Waals surface area (Å²) in [5.41, 5.74) is 6.78. The van der Waals surface area contributed by atoms with Gasteiger partial charge in [0, 0.05) is 24.5 Å². The van der Waals surface area contributed by atoms with Gasteiger partial charge in [0.15, 0.2) is 5.16 Å². The van der Waals surface area contributed by atoms with Crippen molar-refractivity contribution in [2.75, 3.05) is 31.2 Å². The van der Waals surface area contributed by atoms with E-state index in [0.29, 0.717) is 13.2 Å². The highest BCUT2D eigenvalue weighted by atomic mass is 32.2. The second kappa shape index (κ2) is 9.41. The van der Waals surface area contributed by atoms with E-state index in [0.717, 1.165) is 52.7 Å². The number of hydrogen-bond donors (Lipinski definition) is 0. The third kappa shape index (κ3) is 4.67. The lowest BCUT2D eigenvalue weighted by Crippen LogP contribution is -2.37. The molecule has 0 amide bonds. The minimum atomic E-state index is 0.713. The van der Waals surface area contributed by atoms with E-state index in [1.54, 1.807) is 11.8 Å². The molecule has 170 valence electrons. The molecule has 1 saturated heterocycles. The van der Waals surface area contributed by atoms with Crippen molar-refractivity contribution in [3.63, 3.8) is 0 Å². The Morgan fingerprint density at radius 1 is 0.879 bits per heavy atom. The third-order valence-electron chi connectivity index (χ3n) is 5.76. The van der Waals surface area contributed by atoms with Crippen LogP contribution in [0, 0.1) is 20.8 Å². The number of aryl methyl sites for hydroxylation is 3. The number of rotatable bonds is 6. The van der Waals surface area contributed by atoms with Crippen molar-refractivity contribution in [2.45, 2.75) is 31.7 Å². The number of anilines is 1. The van der Waals surface area contributed by atoms with Gasteiger partial charge in [-0.25, -0.2) is 4.68 Å². The molecule has 3 heterocycles. The predicted molar refractivity (Wildman–Crippen MR) is 132 cm³/mol. The van der Waals surface area contributed by atoms with Gasteiger partial charge in [0.25, 0.3) is 0 Å². The average molecular weight is 461 g/mol. The highest BCUT2D eigenvalue weighted by molar-refractivity contribution is 7.98. The second-order valence-electron chi connectivity index (χ2n) is 8.35. The monoisotopic (exact) mass is 460 g/mol. The highest BCUT2D eigenvalue weighted by Crippen LogP contribution is 2.29. The molecule has 1 fully saturated rings. The lowest BCUT2D eigenvalue weighted by molar-refractivity contribution is 0.122. The van der Waals surface area contributed by atoms with Gasteiger partial charge in [-0.05, 0) is 56.7 Å². The number of benzene rings is 2. The number of thioether (sulfide) groups is 1. The van der Waals surface area contributed by atoms with E-state index < -0.39 is 0 Å². The van der Waals surface area contributed by atoms with Gasteiger partial charge < -0.3 is 9.64 Å². The van der Waals surface area contributed by atoms with Gasteiger partial charge in [0.1, 0.15) is 0 Å². The zero-order valence-electron chi connectivity index (χ0n) is 19.2. The number of morpholine rings is 1. The van der Waals surface area contributed by atoms with E-state index in [9.17, 15) is 0 Å². The van der Waals surface area contributed by atoms with Crippen molar-refractivity contribution in [3.05, 3.63) is 77.1 Å².